The Hall–Kier alpha value is -1.36. The molecule has 0 aromatic carbocycles. The maximum absolute atomic E-state index is 11.5. The van der Waals surface area contributed by atoms with Gasteiger partial charge in [0.15, 0.2) is 5.76 Å². The molecule has 15 heavy (non-hydrogen) atoms. The predicted octanol–water partition coefficient (Wildman–Crippen LogP) is 0.664. The van der Waals surface area contributed by atoms with Crippen molar-refractivity contribution in [3.05, 3.63) is 18.0 Å². The molecule has 0 fully saturated rings. The Balaban J connectivity index is 2.29. The number of hydrogen-bond acceptors (Lipinski definition) is 4. The van der Waals surface area contributed by atoms with Gasteiger partial charge in [0.1, 0.15) is 0 Å². The van der Waals surface area contributed by atoms with Gasteiger partial charge in [-0.3, -0.25) is 4.79 Å². The molecule has 0 aliphatic rings. The minimum Gasteiger partial charge on any atom is -0.360 e. The third kappa shape index (κ3) is 4.12. The summed E-state index contributed by atoms with van der Waals surface area (Å²) in [5.74, 6) is 0.885. The molecule has 1 aromatic rings. The second kappa shape index (κ2) is 5.50. The maximum atomic E-state index is 11.5. The molecule has 0 bridgehead atoms. The molecule has 0 spiro atoms. The molecule has 84 valence electrons. The quantitative estimate of drug-likeness (QED) is 0.749. The van der Waals surface area contributed by atoms with Gasteiger partial charge in [0.05, 0.1) is 18.8 Å². The molecule has 0 aliphatic heterocycles. The normalized spacial score (nSPS) is 12.8. The van der Waals surface area contributed by atoms with Crippen molar-refractivity contribution in [2.45, 2.75) is 32.9 Å². The Morgan fingerprint density at radius 3 is 2.93 bits per heavy atom. The van der Waals surface area contributed by atoms with Crippen LogP contribution in [0.4, 0.5) is 0 Å². The van der Waals surface area contributed by atoms with E-state index in [2.05, 4.69) is 10.5 Å². The first-order valence-corrected chi connectivity index (χ1v) is 5.02. The Bertz CT molecular complexity index is 296. The number of carbonyl (C=O) groups is 1. The number of nitrogens with one attached hydrogen (secondary N) is 1. The van der Waals surface area contributed by atoms with Crippen LogP contribution in [-0.2, 0) is 11.3 Å². The molecule has 0 unspecified atom stereocenters. The third-order valence-corrected chi connectivity index (χ3v) is 1.99. The molecule has 5 nitrogen and oxygen atoms in total. The van der Waals surface area contributed by atoms with E-state index in [1.165, 1.54) is 6.20 Å². The fourth-order valence-electron chi connectivity index (χ4n) is 1.25. The SMILES string of the molecule is CC(C)C[C@H](N)C(=O)NCc1ccno1. The number of rotatable bonds is 5. The summed E-state index contributed by atoms with van der Waals surface area (Å²) in [5.41, 5.74) is 5.70. The van der Waals surface area contributed by atoms with E-state index in [1.807, 2.05) is 13.8 Å². The van der Waals surface area contributed by atoms with Gasteiger partial charge in [-0.25, -0.2) is 0 Å². The lowest BCUT2D eigenvalue weighted by Crippen LogP contribution is -2.40. The van der Waals surface area contributed by atoms with Crippen molar-refractivity contribution in [1.82, 2.24) is 10.5 Å². The van der Waals surface area contributed by atoms with E-state index in [4.69, 9.17) is 10.3 Å². The number of nitrogens with zero attached hydrogens (tertiary/aromatic N) is 1. The first-order valence-electron chi connectivity index (χ1n) is 5.02. The third-order valence-electron chi connectivity index (χ3n) is 1.99. The number of nitrogens with two attached hydrogens (primary N) is 1. The number of amides is 1. The topological polar surface area (TPSA) is 81.2 Å². The smallest absolute Gasteiger partial charge is 0.237 e. The summed E-state index contributed by atoms with van der Waals surface area (Å²) < 4.78 is 4.84. The summed E-state index contributed by atoms with van der Waals surface area (Å²) in [6.07, 6.45) is 2.22. The molecule has 3 N–H and O–H groups in total. The number of carbonyl (C=O) groups excluding carboxylic acids is 1. The van der Waals surface area contributed by atoms with Crippen LogP contribution in [0.3, 0.4) is 0 Å². The molecule has 1 heterocycles. The lowest BCUT2D eigenvalue weighted by atomic mass is 10.0. The van der Waals surface area contributed by atoms with Crippen LogP contribution in [0.15, 0.2) is 16.8 Å². The Morgan fingerprint density at radius 1 is 1.67 bits per heavy atom. The van der Waals surface area contributed by atoms with E-state index in [9.17, 15) is 4.79 Å². The molecule has 5 heteroatoms. The zero-order valence-electron chi connectivity index (χ0n) is 9.06. The van der Waals surface area contributed by atoms with E-state index in [1.54, 1.807) is 6.07 Å². The Morgan fingerprint density at radius 2 is 2.40 bits per heavy atom. The molecular weight excluding hydrogens is 194 g/mol. The Kier molecular flexibility index (Phi) is 4.30. The highest BCUT2D eigenvalue weighted by molar-refractivity contribution is 5.81. The van der Waals surface area contributed by atoms with Gasteiger partial charge in [-0.15, -0.1) is 0 Å². The minimum atomic E-state index is -0.451. The van der Waals surface area contributed by atoms with Crippen LogP contribution < -0.4 is 11.1 Å². The zero-order valence-corrected chi connectivity index (χ0v) is 9.06. The molecule has 0 radical (unpaired) electrons. The summed E-state index contributed by atoms with van der Waals surface area (Å²) in [4.78, 5) is 11.5. The largest absolute Gasteiger partial charge is 0.360 e. The molecule has 1 aromatic heterocycles. The second-order valence-corrected chi connectivity index (χ2v) is 3.93. The zero-order chi connectivity index (χ0) is 11.3. The maximum Gasteiger partial charge on any atom is 0.237 e. The number of aromatic nitrogens is 1. The van der Waals surface area contributed by atoms with E-state index < -0.39 is 6.04 Å². The first-order chi connectivity index (χ1) is 7.09. The van der Waals surface area contributed by atoms with Crippen molar-refractivity contribution in [2.24, 2.45) is 11.7 Å². The first kappa shape index (κ1) is 11.7. The molecule has 1 atom stereocenters. The van der Waals surface area contributed by atoms with Crippen LogP contribution in [-0.4, -0.2) is 17.1 Å². The van der Waals surface area contributed by atoms with Crippen LogP contribution in [0.25, 0.3) is 0 Å². The van der Waals surface area contributed by atoms with Crippen LogP contribution in [0, 0.1) is 5.92 Å². The van der Waals surface area contributed by atoms with E-state index in [-0.39, 0.29) is 5.91 Å². The second-order valence-electron chi connectivity index (χ2n) is 3.93. The minimum absolute atomic E-state index is 0.153. The van der Waals surface area contributed by atoms with Gasteiger partial charge in [-0.05, 0) is 12.3 Å². The average Bonchev–Trinajstić information content (AvgIpc) is 2.65. The van der Waals surface area contributed by atoms with Crippen LogP contribution in [0.1, 0.15) is 26.0 Å². The molecule has 0 saturated carbocycles. The predicted molar refractivity (Wildman–Crippen MR) is 55.8 cm³/mol. The summed E-state index contributed by atoms with van der Waals surface area (Å²) in [6.45, 7) is 4.40. The molecule has 1 rings (SSSR count). The lowest BCUT2D eigenvalue weighted by Gasteiger charge is -2.13. The molecule has 0 saturated heterocycles. The van der Waals surface area contributed by atoms with Gasteiger partial charge in [0, 0.05) is 6.07 Å². The van der Waals surface area contributed by atoms with Gasteiger partial charge in [0.2, 0.25) is 5.91 Å². The highest BCUT2D eigenvalue weighted by Crippen LogP contribution is 2.03. The van der Waals surface area contributed by atoms with Gasteiger partial charge in [0.25, 0.3) is 0 Å². The van der Waals surface area contributed by atoms with Gasteiger partial charge < -0.3 is 15.6 Å². The molecule has 1 amide bonds. The van der Waals surface area contributed by atoms with Crippen molar-refractivity contribution in [2.75, 3.05) is 0 Å². The lowest BCUT2D eigenvalue weighted by molar-refractivity contribution is -0.122. The van der Waals surface area contributed by atoms with Crippen LogP contribution in [0.5, 0.6) is 0 Å². The van der Waals surface area contributed by atoms with Crippen molar-refractivity contribution in [1.29, 1.82) is 0 Å². The average molecular weight is 211 g/mol. The van der Waals surface area contributed by atoms with Crippen molar-refractivity contribution < 1.29 is 9.32 Å². The van der Waals surface area contributed by atoms with E-state index in [0.717, 1.165) is 0 Å². The fourth-order valence-corrected chi connectivity index (χ4v) is 1.25. The monoisotopic (exact) mass is 211 g/mol. The van der Waals surface area contributed by atoms with Crippen LogP contribution in [0.2, 0.25) is 0 Å². The van der Waals surface area contributed by atoms with Gasteiger partial charge in [-0.1, -0.05) is 19.0 Å². The summed E-state index contributed by atoms with van der Waals surface area (Å²) in [6, 6.07) is 1.25. The van der Waals surface area contributed by atoms with Crippen molar-refractivity contribution in [3.8, 4) is 0 Å². The standard InChI is InChI=1S/C10H17N3O2/c1-7(2)5-9(11)10(14)12-6-8-3-4-13-15-8/h3-4,7,9H,5-6,11H2,1-2H3,(H,12,14)/t9-/m0/s1. The summed E-state index contributed by atoms with van der Waals surface area (Å²) in [7, 11) is 0. The molecule has 0 aliphatic carbocycles. The highest BCUT2D eigenvalue weighted by Gasteiger charge is 2.14. The fraction of sp³-hybridized carbons (Fsp3) is 0.600. The highest BCUT2D eigenvalue weighted by atomic mass is 16.5. The molecular formula is C10H17N3O2. The van der Waals surface area contributed by atoms with Crippen molar-refractivity contribution in [3.63, 3.8) is 0 Å². The van der Waals surface area contributed by atoms with Gasteiger partial charge >= 0.3 is 0 Å². The van der Waals surface area contributed by atoms with Crippen molar-refractivity contribution >= 4 is 5.91 Å². The summed E-state index contributed by atoms with van der Waals surface area (Å²) >= 11 is 0. The van der Waals surface area contributed by atoms with E-state index in [0.29, 0.717) is 24.6 Å². The summed E-state index contributed by atoms with van der Waals surface area (Å²) in [5, 5.41) is 6.23. The Labute approximate surface area is 89.0 Å². The van der Waals surface area contributed by atoms with E-state index >= 15 is 0 Å². The van der Waals surface area contributed by atoms with Gasteiger partial charge in [-0.2, -0.15) is 0 Å². The number of hydrogen-bond donors (Lipinski definition) is 2. The van der Waals surface area contributed by atoms with Crippen LogP contribution >= 0.6 is 0 Å².